The molecule has 2 heterocycles. The zero-order valence-electron chi connectivity index (χ0n) is 11.2. The van der Waals surface area contributed by atoms with Crippen LogP contribution in [0.1, 0.15) is 33.5 Å². The Balaban J connectivity index is 2.14. The van der Waals surface area contributed by atoms with Crippen LogP contribution < -0.4 is 5.32 Å². The van der Waals surface area contributed by atoms with Gasteiger partial charge in [-0.25, -0.2) is 0 Å². The maximum absolute atomic E-state index is 12.1. The normalized spacial score (nSPS) is 11.9. The predicted octanol–water partition coefficient (Wildman–Crippen LogP) is 2.68. The molecular formula is C14H15NO4S. The third kappa shape index (κ3) is 3.27. The molecule has 0 aliphatic rings. The Morgan fingerprint density at radius 2 is 2.25 bits per heavy atom. The first-order valence-electron chi connectivity index (χ1n) is 6.07. The van der Waals surface area contributed by atoms with Crippen LogP contribution in [-0.4, -0.2) is 19.0 Å². The van der Waals surface area contributed by atoms with E-state index in [1.54, 1.807) is 13.0 Å². The highest BCUT2D eigenvalue weighted by Gasteiger charge is 2.22. The van der Waals surface area contributed by atoms with Gasteiger partial charge >= 0.3 is 5.97 Å². The first-order chi connectivity index (χ1) is 9.61. The van der Waals surface area contributed by atoms with Gasteiger partial charge in [0.15, 0.2) is 5.76 Å². The van der Waals surface area contributed by atoms with E-state index in [4.69, 9.17) is 4.42 Å². The highest BCUT2D eigenvalue weighted by molar-refractivity contribution is 7.10. The van der Waals surface area contributed by atoms with Crippen molar-refractivity contribution in [1.82, 2.24) is 5.32 Å². The van der Waals surface area contributed by atoms with Crippen molar-refractivity contribution in [2.24, 2.45) is 0 Å². The Bertz CT molecular complexity index is 588. The molecule has 1 amide bonds. The van der Waals surface area contributed by atoms with Gasteiger partial charge < -0.3 is 14.5 Å². The van der Waals surface area contributed by atoms with E-state index in [0.717, 1.165) is 10.4 Å². The molecule has 0 aliphatic heterocycles. The third-order valence-electron chi connectivity index (χ3n) is 2.86. The van der Waals surface area contributed by atoms with Crippen molar-refractivity contribution in [3.8, 4) is 0 Å². The van der Waals surface area contributed by atoms with E-state index in [0.29, 0.717) is 0 Å². The fourth-order valence-corrected chi connectivity index (χ4v) is 2.57. The maximum Gasteiger partial charge on any atom is 0.307 e. The molecule has 1 unspecified atom stereocenters. The number of carbonyl (C=O) groups excluding carboxylic acids is 2. The molecule has 106 valence electrons. The lowest BCUT2D eigenvalue weighted by Crippen LogP contribution is -2.30. The minimum Gasteiger partial charge on any atom is -0.469 e. The lowest BCUT2D eigenvalue weighted by Gasteiger charge is -2.15. The Morgan fingerprint density at radius 1 is 1.45 bits per heavy atom. The van der Waals surface area contributed by atoms with Crippen LogP contribution in [0.2, 0.25) is 0 Å². The molecule has 1 N–H and O–H groups in total. The van der Waals surface area contributed by atoms with Crippen LogP contribution in [0.4, 0.5) is 0 Å². The highest BCUT2D eigenvalue weighted by Crippen LogP contribution is 2.23. The summed E-state index contributed by atoms with van der Waals surface area (Å²) in [6.45, 7) is 1.79. The monoisotopic (exact) mass is 293 g/mol. The molecule has 1 atom stereocenters. The summed E-state index contributed by atoms with van der Waals surface area (Å²) in [5.74, 6) is -0.453. The quantitative estimate of drug-likeness (QED) is 0.861. The van der Waals surface area contributed by atoms with Gasteiger partial charge in [-0.05, 0) is 24.4 Å². The summed E-state index contributed by atoms with van der Waals surface area (Å²) in [5.41, 5.74) is 0.755. The van der Waals surface area contributed by atoms with Gasteiger partial charge in [-0.1, -0.05) is 6.07 Å². The van der Waals surface area contributed by atoms with E-state index in [1.165, 1.54) is 24.7 Å². The number of carbonyl (C=O) groups is 2. The molecule has 2 aromatic heterocycles. The number of hydrogen-bond donors (Lipinski definition) is 1. The summed E-state index contributed by atoms with van der Waals surface area (Å²) in [6, 6.07) is 5.04. The first kappa shape index (κ1) is 14.3. The summed E-state index contributed by atoms with van der Waals surface area (Å²) in [6.07, 6.45) is 1.55. The topological polar surface area (TPSA) is 68.5 Å². The molecule has 0 saturated heterocycles. The number of hydrogen-bond acceptors (Lipinski definition) is 5. The van der Waals surface area contributed by atoms with E-state index in [2.05, 4.69) is 10.1 Å². The molecule has 0 bridgehead atoms. The fraction of sp³-hybridized carbons (Fsp3) is 0.286. The molecule has 0 radical (unpaired) electrons. The summed E-state index contributed by atoms with van der Waals surface area (Å²) < 4.78 is 9.82. The first-order valence-corrected chi connectivity index (χ1v) is 6.95. The molecule has 20 heavy (non-hydrogen) atoms. The zero-order chi connectivity index (χ0) is 14.5. The van der Waals surface area contributed by atoms with Gasteiger partial charge in [0, 0.05) is 10.4 Å². The lowest BCUT2D eigenvalue weighted by atomic mass is 10.1. The number of amides is 1. The Kier molecular flexibility index (Phi) is 4.57. The average molecular weight is 293 g/mol. The van der Waals surface area contributed by atoms with Crippen molar-refractivity contribution < 1.29 is 18.7 Å². The molecule has 0 aromatic carbocycles. The SMILES string of the molecule is COC(=O)CC(NC(=O)c1occc1C)c1cccs1. The van der Waals surface area contributed by atoms with E-state index < -0.39 is 6.04 Å². The molecule has 6 heteroatoms. The van der Waals surface area contributed by atoms with E-state index in [9.17, 15) is 9.59 Å². The predicted molar refractivity (Wildman–Crippen MR) is 74.6 cm³/mol. The number of ether oxygens (including phenoxy) is 1. The number of esters is 1. The largest absolute Gasteiger partial charge is 0.469 e. The summed E-state index contributed by atoms with van der Waals surface area (Å²) in [7, 11) is 1.33. The van der Waals surface area contributed by atoms with E-state index in [-0.39, 0.29) is 24.1 Å². The van der Waals surface area contributed by atoms with E-state index in [1.807, 2.05) is 17.5 Å². The second-order valence-corrected chi connectivity index (χ2v) is 5.23. The molecule has 5 nitrogen and oxygen atoms in total. The van der Waals surface area contributed by atoms with Gasteiger partial charge in [0.25, 0.3) is 5.91 Å². The van der Waals surface area contributed by atoms with Crippen LogP contribution in [0.25, 0.3) is 0 Å². The van der Waals surface area contributed by atoms with Crippen molar-refractivity contribution in [1.29, 1.82) is 0 Å². The van der Waals surface area contributed by atoms with Crippen molar-refractivity contribution in [2.75, 3.05) is 7.11 Å². The third-order valence-corrected chi connectivity index (χ3v) is 3.84. The Hall–Kier alpha value is -2.08. The van der Waals surface area contributed by atoms with Gasteiger partial charge in [-0.15, -0.1) is 11.3 Å². The molecule has 0 aliphatic carbocycles. The number of thiophene rings is 1. The number of methoxy groups -OCH3 is 1. The van der Waals surface area contributed by atoms with Crippen LogP contribution in [0, 0.1) is 6.92 Å². The fourth-order valence-electron chi connectivity index (χ4n) is 1.79. The number of furan rings is 1. The lowest BCUT2D eigenvalue weighted by molar-refractivity contribution is -0.141. The van der Waals surface area contributed by atoms with Crippen molar-refractivity contribution in [3.63, 3.8) is 0 Å². The number of nitrogens with one attached hydrogen (secondary N) is 1. The molecule has 2 aromatic rings. The van der Waals surface area contributed by atoms with Crippen LogP contribution in [0.15, 0.2) is 34.3 Å². The molecule has 0 fully saturated rings. The van der Waals surface area contributed by atoms with Crippen LogP contribution in [0.5, 0.6) is 0 Å². The van der Waals surface area contributed by atoms with Crippen molar-refractivity contribution in [2.45, 2.75) is 19.4 Å². The zero-order valence-corrected chi connectivity index (χ0v) is 12.0. The average Bonchev–Trinajstić information content (AvgIpc) is 3.08. The van der Waals surface area contributed by atoms with Gasteiger partial charge in [0.1, 0.15) is 0 Å². The summed E-state index contributed by atoms with van der Waals surface area (Å²) in [4.78, 5) is 24.5. The molecule has 0 saturated carbocycles. The summed E-state index contributed by atoms with van der Waals surface area (Å²) in [5, 5.41) is 4.70. The second kappa shape index (κ2) is 6.38. The standard InChI is InChI=1S/C14H15NO4S/c1-9-5-6-19-13(9)14(17)15-10(8-12(16)18-2)11-4-3-7-20-11/h3-7,10H,8H2,1-2H3,(H,15,17). The Morgan fingerprint density at radius 3 is 2.80 bits per heavy atom. The minimum atomic E-state index is -0.417. The highest BCUT2D eigenvalue weighted by atomic mass is 32.1. The second-order valence-electron chi connectivity index (χ2n) is 4.25. The molecule has 2 rings (SSSR count). The Labute approximate surface area is 120 Å². The van der Waals surface area contributed by atoms with Gasteiger partial charge in [-0.2, -0.15) is 0 Å². The van der Waals surface area contributed by atoms with Gasteiger partial charge in [0.2, 0.25) is 0 Å². The smallest absolute Gasteiger partial charge is 0.307 e. The minimum absolute atomic E-state index is 0.0858. The molecule has 0 spiro atoms. The molecular weight excluding hydrogens is 278 g/mol. The van der Waals surface area contributed by atoms with Crippen molar-refractivity contribution in [3.05, 3.63) is 46.0 Å². The van der Waals surface area contributed by atoms with Crippen LogP contribution >= 0.6 is 11.3 Å². The van der Waals surface area contributed by atoms with Gasteiger partial charge in [0.05, 0.1) is 25.8 Å². The van der Waals surface area contributed by atoms with Crippen LogP contribution in [0.3, 0.4) is 0 Å². The van der Waals surface area contributed by atoms with Crippen LogP contribution in [-0.2, 0) is 9.53 Å². The number of aryl methyl sites for hydroxylation is 1. The van der Waals surface area contributed by atoms with Gasteiger partial charge in [-0.3, -0.25) is 9.59 Å². The van der Waals surface area contributed by atoms with Crippen molar-refractivity contribution >= 4 is 23.2 Å². The number of rotatable bonds is 5. The maximum atomic E-state index is 12.1. The summed E-state index contributed by atoms with van der Waals surface area (Å²) >= 11 is 1.47. The van der Waals surface area contributed by atoms with E-state index >= 15 is 0 Å².